The number of H-pyrrole nitrogens is 1. The van der Waals surface area contributed by atoms with Gasteiger partial charge in [0.25, 0.3) is 4.84 Å². The van der Waals surface area contributed by atoms with Gasteiger partial charge in [0.15, 0.2) is 11.3 Å². The lowest BCUT2D eigenvalue weighted by Crippen LogP contribution is -1.69. The summed E-state index contributed by atoms with van der Waals surface area (Å²) >= 11 is 8.13. The molecule has 0 aliphatic carbocycles. The van der Waals surface area contributed by atoms with Crippen LogP contribution < -0.4 is 0 Å². The minimum absolute atomic E-state index is 0.317. The predicted molar refractivity (Wildman–Crippen MR) is 55.4 cm³/mol. The van der Waals surface area contributed by atoms with Gasteiger partial charge in [-0.15, -0.1) is 0 Å². The smallest absolute Gasteiger partial charge is 0.266 e. The molecule has 0 saturated carbocycles. The van der Waals surface area contributed by atoms with E-state index in [1.807, 2.05) is 0 Å². The molecule has 1 heterocycles. The summed E-state index contributed by atoms with van der Waals surface area (Å²) in [5.74, 6) is 0. The van der Waals surface area contributed by atoms with Crippen molar-refractivity contribution in [2.75, 3.05) is 0 Å². The maximum Gasteiger partial charge on any atom is 0.266 e. The molecule has 13 heavy (non-hydrogen) atoms. The van der Waals surface area contributed by atoms with Crippen molar-refractivity contribution >= 4 is 44.9 Å². The fourth-order valence-corrected chi connectivity index (χ4v) is 1.79. The molecular formula is C8H3BrN2OS. The fourth-order valence-electron chi connectivity index (χ4n) is 1.07. The van der Waals surface area contributed by atoms with Crippen molar-refractivity contribution < 1.29 is 4.42 Å². The summed E-state index contributed by atoms with van der Waals surface area (Å²) in [6.45, 7) is 6.86. The second-order valence-electron chi connectivity index (χ2n) is 2.43. The summed E-state index contributed by atoms with van der Waals surface area (Å²) in [6.07, 6.45) is 0. The lowest BCUT2D eigenvalue weighted by Gasteiger charge is -1.92. The van der Waals surface area contributed by atoms with Crippen LogP contribution in [0.2, 0.25) is 0 Å². The molecule has 1 aromatic heterocycles. The minimum Gasteiger partial charge on any atom is -0.428 e. The van der Waals surface area contributed by atoms with Gasteiger partial charge in [-0.25, -0.2) is 4.85 Å². The first-order valence-corrected chi connectivity index (χ1v) is 4.60. The molecule has 0 spiro atoms. The van der Waals surface area contributed by atoms with Crippen LogP contribution in [0, 0.1) is 11.4 Å². The predicted octanol–water partition coefficient (Wildman–Crippen LogP) is 3.80. The van der Waals surface area contributed by atoms with E-state index in [0.29, 0.717) is 16.1 Å². The van der Waals surface area contributed by atoms with Crippen LogP contribution in [-0.4, -0.2) is 4.98 Å². The topological polar surface area (TPSA) is 33.3 Å². The van der Waals surface area contributed by atoms with E-state index in [9.17, 15) is 0 Å². The Hall–Kier alpha value is -1.12. The number of nitrogens with zero attached hydrogens (tertiary/aromatic N) is 1. The first-order valence-electron chi connectivity index (χ1n) is 3.40. The lowest BCUT2D eigenvalue weighted by molar-refractivity contribution is 0.582. The van der Waals surface area contributed by atoms with Crippen molar-refractivity contribution in [1.29, 1.82) is 0 Å². The van der Waals surface area contributed by atoms with Crippen LogP contribution in [0.15, 0.2) is 21.0 Å². The number of halogens is 1. The van der Waals surface area contributed by atoms with Crippen molar-refractivity contribution in [3.63, 3.8) is 0 Å². The van der Waals surface area contributed by atoms with Gasteiger partial charge in [0.1, 0.15) is 0 Å². The van der Waals surface area contributed by atoms with Gasteiger partial charge in [0.2, 0.25) is 0 Å². The van der Waals surface area contributed by atoms with Gasteiger partial charge in [-0.05, 0) is 40.3 Å². The van der Waals surface area contributed by atoms with Crippen LogP contribution in [0.4, 0.5) is 5.69 Å². The Morgan fingerprint density at radius 3 is 3.00 bits per heavy atom. The van der Waals surface area contributed by atoms with Crippen molar-refractivity contribution in [2.45, 2.75) is 0 Å². The van der Waals surface area contributed by atoms with Gasteiger partial charge in [0, 0.05) is 0 Å². The Kier molecular flexibility index (Phi) is 1.94. The number of hydrogen-bond acceptors (Lipinski definition) is 2. The first kappa shape index (κ1) is 8.48. The number of hydrogen-bond donors (Lipinski definition) is 1. The van der Waals surface area contributed by atoms with Crippen LogP contribution in [-0.2, 0) is 0 Å². The number of rotatable bonds is 0. The highest BCUT2D eigenvalue weighted by Gasteiger charge is 2.05. The molecule has 1 N–H and O–H groups in total. The average Bonchev–Trinajstić information content (AvgIpc) is 2.46. The Balaban J connectivity index is 2.93. The zero-order valence-electron chi connectivity index (χ0n) is 6.30. The van der Waals surface area contributed by atoms with Gasteiger partial charge in [0.05, 0.1) is 16.6 Å². The zero-order valence-corrected chi connectivity index (χ0v) is 8.70. The second kappa shape index (κ2) is 2.98. The van der Waals surface area contributed by atoms with E-state index in [-0.39, 0.29) is 0 Å². The third-order valence-electron chi connectivity index (χ3n) is 1.59. The largest absolute Gasteiger partial charge is 0.428 e. The molecule has 0 fully saturated rings. The molecule has 2 rings (SSSR count). The summed E-state index contributed by atoms with van der Waals surface area (Å²) in [5, 5.41) is 0. The number of benzene rings is 1. The molecule has 5 heteroatoms. The molecule has 2 aromatic rings. The minimum atomic E-state index is 0.317. The molecule has 0 radical (unpaired) electrons. The highest BCUT2D eigenvalue weighted by molar-refractivity contribution is 9.10. The third-order valence-corrected chi connectivity index (χ3v) is 2.36. The Labute approximate surface area is 87.3 Å². The average molecular weight is 255 g/mol. The molecule has 1 aromatic carbocycles. The number of fused-ring (bicyclic) bond motifs is 1. The third kappa shape index (κ3) is 1.39. The molecule has 0 unspecified atom stereocenters. The number of nitrogens with one attached hydrogen (secondary N) is 1. The molecule has 64 valence electrons. The van der Waals surface area contributed by atoms with E-state index in [0.717, 1.165) is 9.99 Å². The Morgan fingerprint density at radius 2 is 2.31 bits per heavy atom. The van der Waals surface area contributed by atoms with Crippen LogP contribution in [0.25, 0.3) is 15.9 Å². The lowest BCUT2D eigenvalue weighted by atomic mass is 10.3. The SMILES string of the molecule is [C-]#[N+]c1cc(Br)c2oc(=S)[nH]c2c1. The summed E-state index contributed by atoms with van der Waals surface area (Å²) in [5.41, 5.74) is 1.94. The Bertz CT molecular complexity index is 564. The summed E-state index contributed by atoms with van der Waals surface area (Å²) in [4.78, 5) is 6.48. The molecule has 3 nitrogen and oxygen atoms in total. The number of aromatic amines is 1. The number of aromatic nitrogens is 1. The standard InChI is InChI=1S/C8H3BrN2OS/c1-10-4-2-5(9)7-6(3-4)11-8(13)12-7/h2-3H,(H,11,13). The monoisotopic (exact) mass is 254 g/mol. The van der Waals surface area contributed by atoms with Crippen molar-refractivity contribution in [3.05, 3.63) is 32.9 Å². The van der Waals surface area contributed by atoms with Crippen molar-refractivity contribution in [2.24, 2.45) is 0 Å². The van der Waals surface area contributed by atoms with Crippen molar-refractivity contribution in [1.82, 2.24) is 4.98 Å². The van der Waals surface area contributed by atoms with E-state index in [1.165, 1.54) is 0 Å². The second-order valence-corrected chi connectivity index (χ2v) is 3.66. The maximum absolute atomic E-state index is 6.86. The molecule has 0 atom stereocenters. The van der Waals surface area contributed by atoms with Gasteiger partial charge < -0.3 is 9.40 Å². The van der Waals surface area contributed by atoms with E-state index in [1.54, 1.807) is 12.1 Å². The maximum atomic E-state index is 6.86. The van der Waals surface area contributed by atoms with Gasteiger partial charge >= 0.3 is 0 Å². The van der Waals surface area contributed by atoms with Crippen LogP contribution in [0.5, 0.6) is 0 Å². The van der Waals surface area contributed by atoms with E-state index in [2.05, 4.69) is 25.8 Å². The summed E-state index contributed by atoms with van der Waals surface area (Å²) < 4.78 is 5.95. The molecule has 0 aliphatic rings. The van der Waals surface area contributed by atoms with Gasteiger partial charge in [-0.3, -0.25) is 0 Å². The summed E-state index contributed by atoms with van der Waals surface area (Å²) in [6, 6.07) is 3.40. The molecular weight excluding hydrogens is 252 g/mol. The van der Waals surface area contributed by atoms with Crippen LogP contribution in [0.3, 0.4) is 0 Å². The molecule has 0 saturated heterocycles. The highest BCUT2D eigenvalue weighted by atomic mass is 79.9. The van der Waals surface area contributed by atoms with Gasteiger partial charge in [-0.1, -0.05) is 0 Å². The van der Waals surface area contributed by atoms with Crippen LogP contribution in [0.1, 0.15) is 0 Å². The normalized spacial score (nSPS) is 10.2. The molecule has 0 aliphatic heterocycles. The number of oxazole rings is 1. The van der Waals surface area contributed by atoms with Crippen LogP contribution >= 0.6 is 28.1 Å². The van der Waals surface area contributed by atoms with E-state index in [4.69, 9.17) is 23.2 Å². The highest BCUT2D eigenvalue weighted by Crippen LogP contribution is 2.29. The zero-order chi connectivity index (χ0) is 9.42. The van der Waals surface area contributed by atoms with Gasteiger partial charge in [-0.2, -0.15) is 0 Å². The molecule has 0 bridgehead atoms. The fraction of sp³-hybridized carbons (Fsp3) is 0. The van der Waals surface area contributed by atoms with Crippen molar-refractivity contribution in [3.8, 4) is 0 Å². The first-order chi connectivity index (χ1) is 6.20. The quantitative estimate of drug-likeness (QED) is 0.573. The summed E-state index contributed by atoms with van der Waals surface area (Å²) in [7, 11) is 0. The molecule has 0 amide bonds. The van der Waals surface area contributed by atoms with E-state index < -0.39 is 0 Å². The van der Waals surface area contributed by atoms with E-state index >= 15 is 0 Å². The Morgan fingerprint density at radius 1 is 1.54 bits per heavy atom.